The second-order valence-electron chi connectivity index (χ2n) is 5.92. The average Bonchev–Trinajstić information content (AvgIpc) is 2.06. The number of hydrogen-bond donors (Lipinski definition) is 0. The zero-order valence-electron chi connectivity index (χ0n) is 10.8. The van der Waals surface area contributed by atoms with Crippen molar-refractivity contribution in [2.75, 3.05) is 0 Å². The maximum absolute atomic E-state index is 6.34. The standard InChI is InChI=1S/C13H24OSi/c1-11-9-7-8-10-12(11)14-15(5,6)13(2,3)4/h7,9,12H,1,8,10H2,2-6H3. The first-order chi connectivity index (χ1) is 6.74. The molecule has 0 saturated heterocycles. The van der Waals surface area contributed by atoms with Gasteiger partial charge in [0.05, 0.1) is 6.10 Å². The number of allylic oxidation sites excluding steroid dienone is 1. The van der Waals surface area contributed by atoms with Gasteiger partial charge in [0, 0.05) is 0 Å². The average molecular weight is 224 g/mol. The van der Waals surface area contributed by atoms with Crippen molar-refractivity contribution in [1.82, 2.24) is 0 Å². The summed E-state index contributed by atoms with van der Waals surface area (Å²) < 4.78 is 6.34. The van der Waals surface area contributed by atoms with Crippen molar-refractivity contribution in [1.29, 1.82) is 0 Å². The molecule has 1 aliphatic carbocycles. The summed E-state index contributed by atoms with van der Waals surface area (Å²) in [4.78, 5) is 0. The van der Waals surface area contributed by atoms with Gasteiger partial charge in [0.25, 0.3) is 0 Å². The van der Waals surface area contributed by atoms with Gasteiger partial charge >= 0.3 is 0 Å². The highest BCUT2D eigenvalue weighted by atomic mass is 28.4. The van der Waals surface area contributed by atoms with Crippen LogP contribution in [0.4, 0.5) is 0 Å². The van der Waals surface area contributed by atoms with Gasteiger partial charge in [-0.25, -0.2) is 0 Å². The highest BCUT2D eigenvalue weighted by Gasteiger charge is 2.39. The van der Waals surface area contributed by atoms with E-state index in [1.165, 1.54) is 0 Å². The lowest BCUT2D eigenvalue weighted by Crippen LogP contribution is -2.44. The third-order valence-electron chi connectivity index (χ3n) is 3.58. The van der Waals surface area contributed by atoms with E-state index in [0.29, 0.717) is 0 Å². The summed E-state index contributed by atoms with van der Waals surface area (Å²) >= 11 is 0. The molecule has 86 valence electrons. The first-order valence-corrected chi connectivity index (χ1v) is 8.68. The molecule has 0 heterocycles. The van der Waals surface area contributed by atoms with Crippen molar-refractivity contribution in [2.45, 2.75) is 57.8 Å². The van der Waals surface area contributed by atoms with Crippen molar-refractivity contribution in [2.24, 2.45) is 0 Å². The maximum atomic E-state index is 6.34. The first kappa shape index (κ1) is 12.7. The van der Waals surface area contributed by atoms with Gasteiger partial charge in [-0.15, -0.1) is 0 Å². The van der Waals surface area contributed by atoms with Crippen LogP contribution in [0, 0.1) is 0 Å². The monoisotopic (exact) mass is 224 g/mol. The van der Waals surface area contributed by atoms with Gasteiger partial charge < -0.3 is 4.43 Å². The quantitative estimate of drug-likeness (QED) is 0.636. The summed E-state index contributed by atoms with van der Waals surface area (Å²) in [5.41, 5.74) is 1.14. The van der Waals surface area contributed by atoms with Crippen molar-refractivity contribution in [3.8, 4) is 0 Å². The van der Waals surface area contributed by atoms with Gasteiger partial charge in [-0.05, 0) is 36.5 Å². The number of hydrogen-bond acceptors (Lipinski definition) is 1. The van der Waals surface area contributed by atoms with Gasteiger partial charge in [0.2, 0.25) is 0 Å². The molecular weight excluding hydrogens is 200 g/mol. The Labute approximate surface area is 95.4 Å². The van der Waals surface area contributed by atoms with Crippen LogP contribution in [-0.2, 0) is 4.43 Å². The van der Waals surface area contributed by atoms with Gasteiger partial charge in [-0.1, -0.05) is 39.5 Å². The van der Waals surface area contributed by atoms with Crippen LogP contribution in [-0.4, -0.2) is 14.4 Å². The zero-order valence-corrected chi connectivity index (χ0v) is 11.8. The van der Waals surface area contributed by atoms with Crippen LogP contribution >= 0.6 is 0 Å². The normalized spacial score (nSPS) is 23.3. The van der Waals surface area contributed by atoms with E-state index in [-0.39, 0.29) is 11.1 Å². The Morgan fingerprint density at radius 3 is 2.47 bits per heavy atom. The van der Waals surface area contributed by atoms with Crippen molar-refractivity contribution >= 4 is 8.32 Å². The summed E-state index contributed by atoms with van der Waals surface area (Å²) in [5.74, 6) is 0. The summed E-state index contributed by atoms with van der Waals surface area (Å²) in [7, 11) is -1.63. The van der Waals surface area contributed by atoms with Crippen LogP contribution < -0.4 is 0 Å². The molecule has 1 unspecified atom stereocenters. The van der Waals surface area contributed by atoms with E-state index < -0.39 is 8.32 Å². The topological polar surface area (TPSA) is 9.23 Å². The molecule has 1 nitrogen and oxygen atoms in total. The van der Waals surface area contributed by atoms with Crippen molar-refractivity contribution < 1.29 is 4.43 Å². The van der Waals surface area contributed by atoms with Gasteiger partial charge in [-0.3, -0.25) is 0 Å². The molecule has 0 aromatic carbocycles. The lowest BCUT2D eigenvalue weighted by Gasteiger charge is -2.40. The van der Waals surface area contributed by atoms with Crippen LogP contribution in [0.3, 0.4) is 0 Å². The lowest BCUT2D eigenvalue weighted by atomic mass is 10.0. The fourth-order valence-electron chi connectivity index (χ4n) is 1.44. The third-order valence-corrected chi connectivity index (χ3v) is 8.07. The molecule has 0 spiro atoms. The lowest BCUT2D eigenvalue weighted by molar-refractivity contribution is 0.206. The Morgan fingerprint density at radius 2 is 2.00 bits per heavy atom. The number of rotatable bonds is 2. The smallest absolute Gasteiger partial charge is 0.192 e. The molecule has 1 aliphatic rings. The minimum atomic E-state index is -1.63. The Kier molecular flexibility index (Phi) is 3.62. The van der Waals surface area contributed by atoms with Crippen LogP contribution in [0.2, 0.25) is 18.1 Å². The summed E-state index contributed by atoms with van der Waals surface area (Å²) in [6.45, 7) is 15.5. The van der Waals surface area contributed by atoms with E-state index >= 15 is 0 Å². The molecule has 1 atom stereocenters. The van der Waals surface area contributed by atoms with E-state index in [9.17, 15) is 0 Å². The SMILES string of the molecule is C=C1C=CCCC1O[Si](C)(C)C(C)(C)C. The van der Waals surface area contributed by atoms with Crippen molar-refractivity contribution in [3.05, 3.63) is 24.3 Å². The fraction of sp³-hybridized carbons (Fsp3) is 0.692. The van der Waals surface area contributed by atoms with Gasteiger partial charge in [0.15, 0.2) is 8.32 Å². The molecule has 0 aliphatic heterocycles. The molecule has 0 radical (unpaired) electrons. The zero-order chi connectivity index (χ0) is 11.7. The highest BCUT2D eigenvalue weighted by Crippen LogP contribution is 2.39. The Hall–Kier alpha value is -0.343. The van der Waals surface area contributed by atoms with Crippen LogP contribution in [0.5, 0.6) is 0 Å². The molecule has 0 N–H and O–H groups in total. The molecule has 1 rings (SSSR count). The highest BCUT2D eigenvalue weighted by molar-refractivity contribution is 6.74. The maximum Gasteiger partial charge on any atom is 0.192 e. The molecule has 15 heavy (non-hydrogen) atoms. The van der Waals surface area contributed by atoms with Crippen molar-refractivity contribution in [3.63, 3.8) is 0 Å². The Bertz CT molecular complexity index is 271. The largest absolute Gasteiger partial charge is 0.410 e. The van der Waals surface area contributed by atoms with E-state index in [1.807, 2.05) is 0 Å². The minimum Gasteiger partial charge on any atom is -0.410 e. The van der Waals surface area contributed by atoms with Crippen LogP contribution in [0.1, 0.15) is 33.6 Å². The third kappa shape index (κ3) is 3.05. The van der Waals surface area contributed by atoms with E-state index in [4.69, 9.17) is 4.43 Å². The Balaban J connectivity index is 2.69. The van der Waals surface area contributed by atoms with Crippen LogP contribution in [0.15, 0.2) is 24.3 Å². The molecule has 0 bridgehead atoms. The summed E-state index contributed by atoms with van der Waals surface area (Å²) in [5, 5.41) is 0.286. The molecule has 0 aromatic heterocycles. The molecular formula is C13H24OSi. The molecule has 0 aromatic rings. The van der Waals surface area contributed by atoms with E-state index in [0.717, 1.165) is 18.4 Å². The predicted octanol–water partition coefficient (Wildman–Crippen LogP) is 4.28. The predicted molar refractivity (Wildman–Crippen MR) is 69.6 cm³/mol. The fourth-order valence-corrected chi connectivity index (χ4v) is 2.78. The molecule has 0 fully saturated rings. The Morgan fingerprint density at radius 1 is 1.40 bits per heavy atom. The van der Waals surface area contributed by atoms with Gasteiger partial charge in [-0.2, -0.15) is 0 Å². The van der Waals surface area contributed by atoms with Gasteiger partial charge in [0.1, 0.15) is 0 Å². The first-order valence-electron chi connectivity index (χ1n) is 5.77. The molecule has 2 heteroatoms. The summed E-state index contributed by atoms with van der Waals surface area (Å²) in [6, 6.07) is 0. The second kappa shape index (κ2) is 4.26. The second-order valence-corrected chi connectivity index (χ2v) is 10.7. The molecule has 0 saturated carbocycles. The van der Waals surface area contributed by atoms with E-state index in [2.05, 4.69) is 52.6 Å². The molecule has 0 amide bonds. The van der Waals surface area contributed by atoms with Crippen LogP contribution in [0.25, 0.3) is 0 Å². The minimum absolute atomic E-state index is 0.260. The summed E-state index contributed by atoms with van der Waals surface area (Å²) in [6.07, 6.45) is 6.78. The van der Waals surface area contributed by atoms with E-state index in [1.54, 1.807) is 0 Å².